The topological polar surface area (TPSA) is 72.3 Å². The molecule has 0 fully saturated rings. The molecule has 1 rings (SSSR count). The summed E-state index contributed by atoms with van der Waals surface area (Å²) >= 11 is 0. The number of aromatic hydroxyl groups is 1. The third kappa shape index (κ3) is 3.21. The Hall–Kier alpha value is -1.05. The molecule has 17 heavy (non-hydrogen) atoms. The molecule has 8 heteroatoms. The van der Waals surface area contributed by atoms with E-state index in [1.807, 2.05) is 0 Å². The summed E-state index contributed by atoms with van der Waals surface area (Å²) in [7, 11) is 0. The van der Waals surface area contributed by atoms with Crippen molar-refractivity contribution in [3.8, 4) is 5.75 Å². The molecule has 3 nitrogen and oxygen atoms in total. The fourth-order valence-corrected chi connectivity index (χ4v) is 1.32. The minimum atomic E-state index is -4.71. The molecule has 0 amide bonds. The number of rotatable bonds is 2. The van der Waals surface area contributed by atoms with Crippen LogP contribution in [0.5, 0.6) is 5.75 Å². The van der Waals surface area contributed by atoms with Gasteiger partial charge in [-0.25, -0.2) is 4.39 Å². The van der Waals surface area contributed by atoms with Gasteiger partial charge in [-0.2, -0.15) is 13.2 Å². The van der Waals surface area contributed by atoms with Crippen molar-refractivity contribution in [2.45, 2.75) is 12.2 Å². The molecule has 0 aromatic heterocycles. The predicted octanol–water partition coefficient (Wildman–Crippen LogP) is 1.93. The van der Waals surface area contributed by atoms with Crippen molar-refractivity contribution in [3.05, 3.63) is 29.1 Å². The summed E-state index contributed by atoms with van der Waals surface area (Å²) in [6.07, 6.45) is -4.71. The van der Waals surface area contributed by atoms with E-state index in [2.05, 4.69) is 0 Å². The minimum absolute atomic E-state index is 0. The van der Waals surface area contributed by atoms with E-state index in [1.165, 1.54) is 0 Å². The van der Waals surface area contributed by atoms with Gasteiger partial charge < -0.3 is 16.6 Å². The summed E-state index contributed by atoms with van der Waals surface area (Å²) in [5, 5.41) is 9.23. The number of alkyl halides is 3. The van der Waals surface area contributed by atoms with E-state index in [-0.39, 0.29) is 19.0 Å². The van der Waals surface area contributed by atoms with Gasteiger partial charge in [0.05, 0.1) is 5.56 Å². The van der Waals surface area contributed by atoms with Crippen molar-refractivity contribution >= 4 is 12.4 Å². The molecule has 0 bridgehead atoms. The lowest BCUT2D eigenvalue weighted by Gasteiger charge is -2.18. The lowest BCUT2D eigenvalue weighted by molar-refractivity contribution is -0.138. The number of hydrogen-bond acceptors (Lipinski definition) is 3. The fraction of sp³-hybridized carbons (Fsp3) is 0.333. The molecule has 0 saturated carbocycles. The van der Waals surface area contributed by atoms with Crippen molar-refractivity contribution in [1.82, 2.24) is 0 Å². The first-order valence-corrected chi connectivity index (χ1v) is 4.33. The molecule has 0 spiro atoms. The van der Waals surface area contributed by atoms with Crippen LogP contribution in [-0.4, -0.2) is 11.7 Å². The van der Waals surface area contributed by atoms with Crippen LogP contribution in [0.4, 0.5) is 17.6 Å². The number of hydrogen-bond donors (Lipinski definition) is 3. The number of nitrogens with two attached hydrogens (primary N) is 2. The zero-order chi connectivity index (χ0) is 12.5. The van der Waals surface area contributed by atoms with Crippen LogP contribution in [0.15, 0.2) is 12.1 Å². The summed E-state index contributed by atoms with van der Waals surface area (Å²) in [5.74, 6) is -2.26. The molecule has 0 saturated heterocycles. The first-order valence-electron chi connectivity index (χ1n) is 4.33. The van der Waals surface area contributed by atoms with E-state index in [1.54, 1.807) is 0 Å². The average molecular weight is 275 g/mol. The third-order valence-electron chi connectivity index (χ3n) is 2.10. The molecule has 1 aromatic rings. The third-order valence-corrected chi connectivity index (χ3v) is 2.10. The van der Waals surface area contributed by atoms with Gasteiger partial charge in [0.2, 0.25) is 0 Å². The van der Waals surface area contributed by atoms with Gasteiger partial charge in [-0.3, -0.25) is 0 Å². The van der Waals surface area contributed by atoms with Gasteiger partial charge in [-0.1, -0.05) is 0 Å². The highest BCUT2D eigenvalue weighted by molar-refractivity contribution is 5.85. The van der Waals surface area contributed by atoms with Gasteiger partial charge >= 0.3 is 6.18 Å². The molecule has 1 atom stereocenters. The second-order valence-electron chi connectivity index (χ2n) is 3.20. The second kappa shape index (κ2) is 5.52. The summed E-state index contributed by atoms with van der Waals surface area (Å²) < 4.78 is 50.5. The minimum Gasteiger partial charge on any atom is -0.505 e. The van der Waals surface area contributed by atoms with E-state index < -0.39 is 34.9 Å². The number of halogens is 5. The maximum Gasteiger partial charge on any atom is 0.416 e. The van der Waals surface area contributed by atoms with Crippen molar-refractivity contribution in [2.75, 3.05) is 6.54 Å². The Morgan fingerprint density at radius 3 is 2.24 bits per heavy atom. The monoisotopic (exact) mass is 274 g/mol. The predicted molar refractivity (Wildman–Crippen MR) is 56.3 cm³/mol. The molecule has 5 N–H and O–H groups in total. The van der Waals surface area contributed by atoms with Crippen LogP contribution in [0, 0.1) is 5.82 Å². The molecule has 1 aromatic carbocycles. The summed E-state index contributed by atoms with van der Waals surface area (Å²) in [4.78, 5) is 0. The Balaban J connectivity index is 0.00000256. The lowest BCUT2D eigenvalue weighted by Crippen LogP contribution is -2.24. The first kappa shape index (κ1) is 16.0. The number of phenolic OH excluding ortho intramolecular Hbond substituents is 1. The van der Waals surface area contributed by atoms with Crippen LogP contribution in [0.25, 0.3) is 0 Å². The maximum absolute atomic E-state index is 12.9. The SMILES string of the molecule is Cl.NC[C@@H](N)c1c(C(F)(F)F)ccc(F)c1O. The lowest BCUT2D eigenvalue weighted by atomic mass is 9.99. The average Bonchev–Trinajstić information content (AvgIpc) is 2.19. The van der Waals surface area contributed by atoms with E-state index in [9.17, 15) is 22.7 Å². The van der Waals surface area contributed by atoms with Gasteiger partial charge in [-0.05, 0) is 12.1 Å². The quantitative estimate of drug-likeness (QED) is 0.722. The molecular weight excluding hydrogens is 264 g/mol. The highest BCUT2D eigenvalue weighted by atomic mass is 35.5. The second-order valence-corrected chi connectivity index (χ2v) is 3.20. The zero-order valence-electron chi connectivity index (χ0n) is 8.46. The summed E-state index contributed by atoms with van der Waals surface area (Å²) in [5.41, 5.74) is 8.53. The van der Waals surface area contributed by atoms with Gasteiger partial charge in [-0.15, -0.1) is 12.4 Å². The Morgan fingerprint density at radius 1 is 1.29 bits per heavy atom. The highest BCUT2D eigenvalue weighted by Crippen LogP contribution is 2.39. The van der Waals surface area contributed by atoms with Crippen LogP contribution in [0.1, 0.15) is 17.2 Å². The molecule has 0 aliphatic heterocycles. The largest absolute Gasteiger partial charge is 0.505 e. The van der Waals surface area contributed by atoms with Crippen molar-refractivity contribution in [3.63, 3.8) is 0 Å². The number of phenols is 1. The maximum atomic E-state index is 12.9. The van der Waals surface area contributed by atoms with Crippen LogP contribution in [0.2, 0.25) is 0 Å². The van der Waals surface area contributed by atoms with Crippen molar-refractivity contribution in [2.24, 2.45) is 11.5 Å². The molecule has 0 aliphatic rings. The summed E-state index contributed by atoms with van der Waals surface area (Å²) in [6, 6.07) is -0.211. The molecule has 0 radical (unpaired) electrons. The summed E-state index contributed by atoms with van der Waals surface area (Å²) in [6.45, 7) is -0.333. The Kier molecular flexibility index (Phi) is 5.18. The smallest absolute Gasteiger partial charge is 0.416 e. The van der Waals surface area contributed by atoms with E-state index >= 15 is 0 Å². The van der Waals surface area contributed by atoms with Gasteiger partial charge in [0.15, 0.2) is 11.6 Å². The molecule has 98 valence electrons. The molecular formula is C9H11ClF4N2O. The van der Waals surface area contributed by atoms with E-state index in [0.717, 1.165) is 0 Å². The molecule has 0 heterocycles. The van der Waals surface area contributed by atoms with Crippen molar-refractivity contribution in [1.29, 1.82) is 0 Å². The van der Waals surface area contributed by atoms with Crippen LogP contribution in [-0.2, 0) is 6.18 Å². The van der Waals surface area contributed by atoms with Crippen LogP contribution in [0.3, 0.4) is 0 Å². The molecule has 0 aliphatic carbocycles. The van der Waals surface area contributed by atoms with Crippen molar-refractivity contribution < 1.29 is 22.7 Å². The van der Waals surface area contributed by atoms with Gasteiger partial charge in [0, 0.05) is 18.2 Å². The van der Waals surface area contributed by atoms with Crippen LogP contribution < -0.4 is 11.5 Å². The van der Waals surface area contributed by atoms with Gasteiger partial charge in [0.25, 0.3) is 0 Å². The Labute approximate surface area is 101 Å². The highest BCUT2D eigenvalue weighted by Gasteiger charge is 2.36. The Morgan fingerprint density at radius 2 is 1.82 bits per heavy atom. The molecule has 0 unspecified atom stereocenters. The standard InChI is InChI=1S/C9H10F4N2O.ClH/c10-5-2-1-4(9(11,12)13)7(8(5)16)6(15)3-14;/h1-2,6,16H,3,14-15H2;1H/t6-;/m1./s1. The fourth-order valence-electron chi connectivity index (χ4n) is 1.32. The first-order chi connectivity index (χ1) is 7.29. The number of benzene rings is 1. The van der Waals surface area contributed by atoms with Gasteiger partial charge in [0.1, 0.15) is 0 Å². The van der Waals surface area contributed by atoms with E-state index in [0.29, 0.717) is 12.1 Å². The zero-order valence-corrected chi connectivity index (χ0v) is 9.28. The normalized spacial score (nSPS) is 13.1. The van der Waals surface area contributed by atoms with E-state index in [4.69, 9.17) is 11.5 Å². The Bertz CT molecular complexity index is 397. The van der Waals surface area contributed by atoms with Crippen LogP contribution >= 0.6 is 12.4 Å².